The van der Waals surface area contributed by atoms with Crippen molar-refractivity contribution in [3.8, 4) is 5.75 Å². The number of carbonyl (C=O) groups is 1. The molecule has 0 spiro atoms. The highest BCUT2D eigenvalue weighted by Gasteiger charge is 2.52. The summed E-state index contributed by atoms with van der Waals surface area (Å²) < 4.78 is 24.0. The van der Waals surface area contributed by atoms with Crippen molar-refractivity contribution >= 4 is 5.91 Å². The molecule has 1 aromatic carbocycles. The van der Waals surface area contributed by atoms with Crippen LogP contribution >= 0.6 is 0 Å². The average Bonchev–Trinajstić information content (AvgIpc) is 2.80. The van der Waals surface area contributed by atoms with E-state index in [1.54, 1.807) is 0 Å². The maximum absolute atomic E-state index is 12.9. The van der Waals surface area contributed by atoms with E-state index < -0.39 is 0 Å². The molecule has 6 heteroatoms. The van der Waals surface area contributed by atoms with Crippen LogP contribution in [0.15, 0.2) is 36.2 Å². The minimum atomic E-state index is -0.196. The molecule has 0 radical (unpaired) electrons. The Kier molecular flexibility index (Phi) is 6.97. The van der Waals surface area contributed by atoms with Crippen molar-refractivity contribution in [2.24, 2.45) is 11.1 Å². The van der Waals surface area contributed by atoms with Gasteiger partial charge in [-0.05, 0) is 80.9 Å². The lowest BCUT2D eigenvalue weighted by Gasteiger charge is -2.52. The van der Waals surface area contributed by atoms with Gasteiger partial charge in [-0.3, -0.25) is 4.79 Å². The number of fused-ring (bicyclic) bond motifs is 3. The number of amides is 1. The largest absolute Gasteiger partial charge is 0.489 e. The van der Waals surface area contributed by atoms with Crippen molar-refractivity contribution in [2.75, 3.05) is 26.3 Å². The molecule has 31 heavy (non-hydrogen) atoms. The molecule has 0 unspecified atom stereocenters. The molecule has 0 heterocycles. The molecule has 0 aliphatic heterocycles. The Bertz CT molecular complexity index is 764. The Morgan fingerprint density at radius 3 is 2.35 bits per heavy atom. The average molecular weight is 431 g/mol. The van der Waals surface area contributed by atoms with Crippen LogP contribution in [0.1, 0.15) is 63.4 Å². The van der Waals surface area contributed by atoms with Gasteiger partial charge in [-0.2, -0.15) is 0 Å². The lowest BCUT2D eigenvalue weighted by Crippen LogP contribution is -2.52. The first-order chi connectivity index (χ1) is 15.1. The van der Waals surface area contributed by atoms with Crippen LogP contribution in [0.25, 0.3) is 0 Å². The highest BCUT2D eigenvalue weighted by molar-refractivity contribution is 5.83. The van der Waals surface area contributed by atoms with Gasteiger partial charge in [0.2, 0.25) is 5.91 Å². The van der Waals surface area contributed by atoms with Crippen molar-refractivity contribution < 1.29 is 18.7 Å². The number of ether oxygens (including phenoxy) is 2. The standard InChI is InChI=1S/C25H35FN2O3/c26-16-19(17-27)18-31-22-6-4-20(5-7-22)24-8-11-25(12-9-24,13-10-24)23(29)28-14-15-30-21-2-1-3-21/h4-7,16,21H,1-3,8-15,17-18,27H2,(H,28,29). The van der Waals surface area contributed by atoms with E-state index in [0.29, 0.717) is 31.2 Å². The quantitative estimate of drug-likeness (QED) is 0.547. The van der Waals surface area contributed by atoms with E-state index >= 15 is 0 Å². The molecular formula is C25H35FN2O3. The minimum absolute atomic E-state index is 0.153. The minimum Gasteiger partial charge on any atom is -0.489 e. The molecule has 4 aliphatic rings. The smallest absolute Gasteiger partial charge is 0.226 e. The second-order valence-corrected chi connectivity index (χ2v) is 9.52. The molecule has 4 fully saturated rings. The third-order valence-corrected chi connectivity index (χ3v) is 7.83. The summed E-state index contributed by atoms with van der Waals surface area (Å²) in [6, 6.07) is 8.18. The summed E-state index contributed by atoms with van der Waals surface area (Å²) in [5.74, 6) is 0.941. The molecule has 170 valence electrons. The number of hydrogen-bond acceptors (Lipinski definition) is 4. The number of hydrogen-bond donors (Lipinski definition) is 2. The molecule has 0 atom stereocenters. The van der Waals surface area contributed by atoms with Crippen LogP contribution in [0.2, 0.25) is 0 Å². The third-order valence-electron chi connectivity index (χ3n) is 7.83. The van der Waals surface area contributed by atoms with Crippen LogP contribution in [0.4, 0.5) is 4.39 Å². The Morgan fingerprint density at radius 1 is 1.13 bits per heavy atom. The van der Waals surface area contributed by atoms with Crippen molar-refractivity contribution in [3.63, 3.8) is 0 Å². The molecule has 4 aliphatic carbocycles. The summed E-state index contributed by atoms with van der Waals surface area (Å²) in [5, 5.41) is 3.14. The summed E-state index contributed by atoms with van der Waals surface area (Å²) >= 11 is 0. The fourth-order valence-electron chi connectivity index (χ4n) is 5.29. The maximum atomic E-state index is 12.9. The van der Waals surface area contributed by atoms with E-state index in [-0.39, 0.29) is 29.9 Å². The Hall–Kier alpha value is -1.92. The zero-order valence-electron chi connectivity index (χ0n) is 18.3. The second-order valence-electron chi connectivity index (χ2n) is 9.52. The van der Waals surface area contributed by atoms with Crippen molar-refractivity contribution in [3.05, 3.63) is 41.7 Å². The van der Waals surface area contributed by atoms with Crippen molar-refractivity contribution in [1.29, 1.82) is 0 Å². The summed E-state index contributed by atoms with van der Waals surface area (Å²) in [6.45, 7) is 1.56. The maximum Gasteiger partial charge on any atom is 0.226 e. The van der Waals surface area contributed by atoms with Gasteiger partial charge >= 0.3 is 0 Å². The number of benzene rings is 1. The number of nitrogens with one attached hydrogen (secondary N) is 1. The first-order valence-corrected chi connectivity index (χ1v) is 11.7. The van der Waals surface area contributed by atoms with Crippen LogP contribution in [0.5, 0.6) is 5.75 Å². The third kappa shape index (κ3) is 4.80. The topological polar surface area (TPSA) is 73.6 Å². The normalized spacial score (nSPS) is 28.3. The zero-order valence-corrected chi connectivity index (χ0v) is 18.3. The molecule has 2 bridgehead atoms. The summed E-state index contributed by atoms with van der Waals surface area (Å²) in [5.41, 5.74) is 7.20. The van der Waals surface area contributed by atoms with Crippen LogP contribution in [-0.4, -0.2) is 38.3 Å². The SMILES string of the molecule is NCC(=CF)COc1ccc(C23CCC(C(=O)NCCOC4CCC4)(CC2)CC3)cc1. The van der Waals surface area contributed by atoms with Crippen LogP contribution in [0, 0.1) is 5.41 Å². The van der Waals surface area contributed by atoms with E-state index in [2.05, 4.69) is 17.4 Å². The molecule has 0 saturated heterocycles. The summed E-state index contributed by atoms with van der Waals surface area (Å²) in [6.07, 6.45) is 10.5. The predicted octanol–water partition coefficient (Wildman–Crippen LogP) is 4.15. The van der Waals surface area contributed by atoms with Gasteiger partial charge in [0, 0.05) is 24.1 Å². The van der Waals surface area contributed by atoms with Gasteiger partial charge in [-0.1, -0.05) is 12.1 Å². The van der Waals surface area contributed by atoms with Crippen LogP contribution in [-0.2, 0) is 14.9 Å². The van der Waals surface area contributed by atoms with E-state index in [0.717, 1.165) is 57.1 Å². The van der Waals surface area contributed by atoms with Gasteiger partial charge in [0.1, 0.15) is 12.4 Å². The lowest BCUT2D eigenvalue weighted by atomic mass is 9.51. The van der Waals surface area contributed by atoms with E-state index in [1.807, 2.05) is 12.1 Å². The number of halogens is 1. The van der Waals surface area contributed by atoms with Gasteiger partial charge in [0.15, 0.2) is 0 Å². The van der Waals surface area contributed by atoms with Gasteiger partial charge in [0.05, 0.1) is 19.0 Å². The summed E-state index contributed by atoms with van der Waals surface area (Å²) in [7, 11) is 0. The van der Waals surface area contributed by atoms with Crippen molar-refractivity contribution in [2.45, 2.75) is 69.3 Å². The monoisotopic (exact) mass is 430 g/mol. The first kappa shape index (κ1) is 22.3. The molecular weight excluding hydrogens is 395 g/mol. The Morgan fingerprint density at radius 2 is 1.81 bits per heavy atom. The van der Waals surface area contributed by atoms with Crippen molar-refractivity contribution in [1.82, 2.24) is 5.32 Å². The van der Waals surface area contributed by atoms with Crippen LogP contribution < -0.4 is 15.8 Å². The van der Waals surface area contributed by atoms with E-state index in [1.165, 1.54) is 12.0 Å². The number of nitrogens with two attached hydrogens (primary N) is 1. The van der Waals surface area contributed by atoms with Gasteiger partial charge in [0.25, 0.3) is 0 Å². The fourth-order valence-corrected chi connectivity index (χ4v) is 5.29. The molecule has 0 aromatic heterocycles. The van der Waals surface area contributed by atoms with E-state index in [9.17, 15) is 9.18 Å². The molecule has 1 amide bonds. The number of carbonyl (C=O) groups excluding carboxylic acids is 1. The molecule has 5 nitrogen and oxygen atoms in total. The molecule has 4 saturated carbocycles. The molecule has 5 rings (SSSR count). The van der Waals surface area contributed by atoms with Gasteiger partial charge < -0.3 is 20.5 Å². The van der Waals surface area contributed by atoms with E-state index in [4.69, 9.17) is 15.2 Å². The second kappa shape index (κ2) is 9.70. The Labute approximate surface area is 184 Å². The first-order valence-electron chi connectivity index (χ1n) is 11.7. The zero-order chi connectivity index (χ0) is 21.7. The summed E-state index contributed by atoms with van der Waals surface area (Å²) in [4.78, 5) is 12.9. The molecule has 3 N–H and O–H groups in total. The predicted molar refractivity (Wildman–Crippen MR) is 119 cm³/mol. The van der Waals surface area contributed by atoms with Crippen LogP contribution in [0.3, 0.4) is 0 Å². The van der Waals surface area contributed by atoms with Gasteiger partial charge in [-0.25, -0.2) is 4.39 Å². The fraction of sp³-hybridized carbons (Fsp3) is 0.640. The highest BCUT2D eigenvalue weighted by atomic mass is 19.1. The number of rotatable bonds is 10. The highest BCUT2D eigenvalue weighted by Crippen LogP contribution is 2.57. The van der Waals surface area contributed by atoms with Gasteiger partial charge in [-0.15, -0.1) is 0 Å². The Balaban J connectivity index is 1.28. The molecule has 1 aromatic rings. The lowest BCUT2D eigenvalue weighted by molar-refractivity contribution is -0.138.